The van der Waals surface area contributed by atoms with Gasteiger partial charge in [0.25, 0.3) is 0 Å². The second-order valence-electron chi connectivity index (χ2n) is 5.21. The molecule has 0 bridgehead atoms. The first-order valence-electron chi connectivity index (χ1n) is 6.21. The molecule has 1 aliphatic rings. The van der Waals surface area contributed by atoms with Gasteiger partial charge in [0, 0.05) is 13.3 Å². The van der Waals surface area contributed by atoms with Crippen LogP contribution in [0.15, 0.2) is 0 Å². The molecule has 1 aliphatic carbocycles. The van der Waals surface area contributed by atoms with E-state index in [1.165, 1.54) is 0 Å². The molecule has 0 N–H and O–H groups in total. The van der Waals surface area contributed by atoms with Crippen LogP contribution in [0.4, 0.5) is 26.3 Å². The first-order valence-corrected chi connectivity index (χ1v) is 6.21. The van der Waals surface area contributed by atoms with Crippen LogP contribution in [0.1, 0.15) is 51.9 Å². The number of rotatable bonds is 5. The van der Waals surface area contributed by atoms with Crippen molar-refractivity contribution in [3.8, 4) is 0 Å². The zero-order valence-corrected chi connectivity index (χ0v) is 10.3. The van der Waals surface area contributed by atoms with Crippen molar-refractivity contribution in [1.82, 2.24) is 0 Å². The summed E-state index contributed by atoms with van der Waals surface area (Å²) in [5.74, 6) is -14.7. The molecule has 0 amide bonds. The largest absolute Gasteiger partial charge is 0.371 e. The highest BCUT2D eigenvalue weighted by Crippen LogP contribution is 2.48. The summed E-state index contributed by atoms with van der Waals surface area (Å²) in [4.78, 5) is 0. The van der Waals surface area contributed by atoms with Gasteiger partial charge in [0.1, 0.15) is 0 Å². The molecule has 0 aromatic carbocycles. The highest BCUT2D eigenvalue weighted by molar-refractivity contribution is 4.94. The number of hydrogen-bond acceptors (Lipinski definition) is 0. The maximum absolute atomic E-state index is 13.2. The normalized spacial score (nSPS) is 20.2. The molecule has 6 heteroatoms. The summed E-state index contributed by atoms with van der Waals surface area (Å²) in [5, 5.41) is 0. The zero-order chi connectivity index (χ0) is 14.0. The van der Waals surface area contributed by atoms with E-state index in [4.69, 9.17) is 0 Å². The number of alkyl halides is 6. The zero-order valence-electron chi connectivity index (χ0n) is 10.3. The summed E-state index contributed by atoms with van der Waals surface area (Å²) in [6.45, 7) is -0.165. The second-order valence-corrected chi connectivity index (χ2v) is 5.21. The lowest BCUT2D eigenvalue weighted by atomic mass is 9.84. The van der Waals surface area contributed by atoms with Crippen LogP contribution in [0.2, 0.25) is 0 Å². The Kier molecular flexibility index (Phi) is 4.60. The summed E-state index contributed by atoms with van der Waals surface area (Å²) < 4.78 is 77.4. The van der Waals surface area contributed by atoms with E-state index in [1.807, 2.05) is 0 Å². The van der Waals surface area contributed by atoms with Gasteiger partial charge in [-0.3, -0.25) is 0 Å². The van der Waals surface area contributed by atoms with Crippen molar-refractivity contribution < 1.29 is 26.3 Å². The average Bonchev–Trinajstić information content (AvgIpc) is 2.26. The highest BCUT2D eigenvalue weighted by Gasteiger charge is 2.68. The lowest BCUT2D eigenvalue weighted by Gasteiger charge is -2.32. The fraction of sp³-hybridized carbons (Fsp3) is 1.00. The van der Waals surface area contributed by atoms with Crippen LogP contribution in [-0.4, -0.2) is 17.8 Å². The van der Waals surface area contributed by atoms with Gasteiger partial charge in [0.2, 0.25) is 0 Å². The van der Waals surface area contributed by atoms with Gasteiger partial charge in [-0.2, -0.15) is 26.3 Å². The average molecular weight is 276 g/mol. The van der Waals surface area contributed by atoms with Gasteiger partial charge in [-0.25, -0.2) is 0 Å². The molecule has 1 saturated carbocycles. The molecular formula is C12H18F6. The van der Waals surface area contributed by atoms with E-state index < -0.39 is 24.2 Å². The Balaban J connectivity index is 2.58. The van der Waals surface area contributed by atoms with Crippen LogP contribution in [-0.2, 0) is 0 Å². The monoisotopic (exact) mass is 276 g/mol. The van der Waals surface area contributed by atoms with E-state index in [9.17, 15) is 26.3 Å². The predicted molar refractivity (Wildman–Crippen MR) is 56.3 cm³/mol. The van der Waals surface area contributed by atoms with E-state index >= 15 is 0 Å². The summed E-state index contributed by atoms with van der Waals surface area (Å²) in [6, 6.07) is 0. The molecule has 0 aromatic rings. The predicted octanol–water partition coefficient (Wildman–Crippen LogP) is 5.27. The fourth-order valence-electron chi connectivity index (χ4n) is 2.34. The van der Waals surface area contributed by atoms with Crippen LogP contribution < -0.4 is 0 Å². The quantitative estimate of drug-likeness (QED) is 0.600. The third kappa shape index (κ3) is 3.32. The standard InChI is InChI=1S/C12H18F6/c1-10(13,14)12(17,18)11(15,16)8-7-9-5-3-2-4-6-9/h9H,2-8H2,1H3. The van der Waals surface area contributed by atoms with E-state index in [0.29, 0.717) is 0 Å². The van der Waals surface area contributed by atoms with Crippen LogP contribution in [0.3, 0.4) is 0 Å². The topological polar surface area (TPSA) is 0 Å². The van der Waals surface area contributed by atoms with Crippen molar-refractivity contribution in [3.05, 3.63) is 0 Å². The Hall–Kier alpha value is -0.420. The van der Waals surface area contributed by atoms with Crippen molar-refractivity contribution in [2.24, 2.45) is 5.92 Å². The van der Waals surface area contributed by atoms with Crippen molar-refractivity contribution in [2.75, 3.05) is 0 Å². The molecule has 0 aliphatic heterocycles. The van der Waals surface area contributed by atoms with Crippen molar-refractivity contribution in [2.45, 2.75) is 69.6 Å². The van der Waals surface area contributed by atoms with Crippen molar-refractivity contribution in [3.63, 3.8) is 0 Å². The summed E-state index contributed by atoms with van der Waals surface area (Å²) in [7, 11) is 0. The summed E-state index contributed by atoms with van der Waals surface area (Å²) in [6.07, 6.45) is 2.99. The fourth-order valence-corrected chi connectivity index (χ4v) is 2.34. The van der Waals surface area contributed by atoms with Gasteiger partial charge >= 0.3 is 17.8 Å². The minimum absolute atomic E-state index is 0.0362. The summed E-state index contributed by atoms with van der Waals surface area (Å²) >= 11 is 0. The maximum atomic E-state index is 13.2. The van der Waals surface area contributed by atoms with Crippen LogP contribution >= 0.6 is 0 Å². The van der Waals surface area contributed by atoms with Gasteiger partial charge in [0.15, 0.2) is 0 Å². The number of hydrogen-bond donors (Lipinski definition) is 0. The number of halogens is 6. The molecule has 0 unspecified atom stereocenters. The molecule has 0 saturated heterocycles. The minimum Gasteiger partial charge on any atom is -0.200 e. The Labute approximate surface area is 103 Å². The Morgan fingerprint density at radius 1 is 0.889 bits per heavy atom. The Morgan fingerprint density at radius 3 is 1.83 bits per heavy atom. The minimum atomic E-state index is -5.28. The SMILES string of the molecule is CC(F)(F)C(F)(F)C(F)(F)CCC1CCCCC1. The van der Waals surface area contributed by atoms with E-state index in [2.05, 4.69) is 0 Å². The third-order valence-electron chi connectivity index (χ3n) is 3.60. The molecule has 0 nitrogen and oxygen atoms in total. The van der Waals surface area contributed by atoms with E-state index in [1.54, 1.807) is 0 Å². The van der Waals surface area contributed by atoms with Gasteiger partial charge in [-0.15, -0.1) is 0 Å². The van der Waals surface area contributed by atoms with E-state index in [-0.39, 0.29) is 19.3 Å². The molecule has 1 fully saturated rings. The van der Waals surface area contributed by atoms with Crippen LogP contribution in [0, 0.1) is 5.92 Å². The Morgan fingerprint density at radius 2 is 1.39 bits per heavy atom. The first kappa shape index (κ1) is 15.6. The van der Waals surface area contributed by atoms with Crippen molar-refractivity contribution >= 4 is 0 Å². The van der Waals surface area contributed by atoms with Crippen LogP contribution in [0.5, 0.6) is 0 Å². The molecule has 0 atom stereocenters. The highest BCUT2D eigenvalue weighted by atomic mass is 19.3. The third-order valence-corrected chi connectivity index (χ3v) is 3.60. The van der Waals surface area contributed by atoms with Gasteiger partial charge in [-0.1, -0.05) is 32.1 Å². The van der Waals surface area contributed by atoms with Gasteiger partial charge in [0.05, 0.1) is 0 Å². The molecule has 0 radical (unpaired) electrons. The van der Waals surface area contributed by atoms with Gasteiger partial charge < -0.3 is 0 Å². The lowest BCUT2D eigenvalue weighted by Crippen LogP contribution is -2.52. The Bertz CT molecular complexity index is 262. The smallest absolute Gasteiger partial charge is 0.200 e. The molecular weight excluding hydrogens is 258 g/mol. The summed E-state index contributed by atoms with van der Waals surface area (Å²) in [5.41, 5.74) is 0. The molecule has 1 rings (SSSR count). The lowest BCUT2D eigenvalue weighted by molar-refractivity contribution is -0.305. The second kappa shape index (κ2) is 5.29. The molecule has 0 aromatic heterocycles. The van der Waals surface area contributed by atoms with E-state index in [0.717, 1.165) is 32.1 Å². The van der Waals surface area contributed by atoms with Gasteiger partial charge in [-0.05, 0) is 12.3 Å². The molecule has 108 valence electrons. The molecule has 0 heterocycles. The molecule has 0 spiro atoms. The van der Waals surface area contributed by atoms with Crippen LogP contribution in [0.25, 0.3) is 0 Å². The molecule has 18 heavy (non-hydrogen) atoms. The maximum Gasteiger partial charge on any atom is 0.371 e. The van der Waals surface area contributed by atoms with Crippen molar-refractivity contribution in [1.29, 1.82) is 0 Å². The first-order chi connectivity index (χ1) is 8.08.